The number of carbonyl (C=O) groups excluding carboxylic acids is 1. The molecule has 2 atom stereocenters. The standard InChI is InChI=1S/C21H21FN2O3S/c22-16-4-1-14(2-5-16)10-21(12-25)11-24(8-7-19(21)26)20(27)15-3-6-17-18(9-15)28-13-23-17/h1-6,9,13,19,25-26H,7-8,10-12H2/t19-,21-/m0/s1. The lowest BCUT2D eigenvalue weighted by Crippen LogP contribution is -2.56. The lowest BCUT2D eigenvalue weighted by atomic mass is 9.73. The van der Waals surface area contributed by atoms with Crippen LogP contribution in [0.4, 0.5) is 4.39 Å². The first-order chi connectivity index (χ1) is 13.5. The van der Waals surface area contributed by atoms with Crippen molar-refractivity contribution in [2.45, 2.75) is 18.9 Å². The summed E-state index contributed by atoms with van der Waals surface area (Å²) in [5.74, 6) is -0.458. The highest BCUT2D eigenvalue weighted by Crippen LogP contribution is 2.35. The fourth-order valence-electron chi connectivity index (χ4n) is 3.89. The van der Waals surface area contributed by atoms with Gasteiger partial charge in [-0.3, -0.25) is 4.79 Å². The number of hydrogen-bond donors (Lipinski definition) is 2. The third-order valence-electron chi connectivity index (χ3n) is 5.53. The Morgan fingerprint density at radius 1 is 1.29 bits per heavy atom. The molecular formula is C21H21FN2O3S. The molecule has 1 amide bonds. The van der Waals surface area contributed by atoms with Gasteiger partial charge in [-0.05, 0) is 48.7 Å². The molecule has 1 fully saturated rings. The molecule has 2 heterocycles. The molecule has 3 aromatic rings. The Bertz CT molecular complexity index is 991. The molecule has 1 saturated heterocycles. The Morgan fingerprint density at radius 3 is 2.82 bits per heavy atom. The molecule has 0 saturated carbocycles. The number of benzene rings is 2. The highest BCUT2D eigenvalue weighted by atomic mass is 32.1. The van der Waals surface area contributed by atoms with E-state index in [4.69, 9.17) is 0 Å². The maximum Gasteiger partial charge on any atom is 0.253 e. The molecule has 0 unspecified atom stereocenters. The van der Waals surface area contributed by atoms with Gasteiger partial charge in [0.25, 0.3) is 5.91 Å². The summed E-state index contributed by atoms with van der Waals surface area (Å²) in [5.41, 5.74) is 3.11. The summed E-state index contributed by atoms with van der Waals surface area (Å²) in [4.78, 5) is 19.0. The summed E-state index contributed by atoms with van der Waals surface area (Å²) in [6, 6.07) is 11.5. The van der Waals surface area contributed by atoms with Crippen molar-refractivity contribution in [1.82, 2.24) is 9.88 Å². The van der Waals surface area contributed by atoms with E-state index in [2.05, 4.69) is 4.98 Å². The topological polar surface area (TPSA) is 73.7 Å². The van der Waals surface area contributed by atoms with E-state index in [0.29, 0.717) is 24.9 Å². The van der Waals surface area contributed by atoms with Gasteiger partial charge in [-0.15, -0.1) is 11.3 Å². The summed E-state index contributed by atoms with van der Waals surface area (Å²) in [6.07, 6.45) is 0.00871. The molecule has 4 rings (SSSR count). The molecule has 0 aliphatic carbocycles. The van der Waals surface area contributed by atoms with Gasteiger partial charge in [0, 0.05) is 24.1 Å². The quantitative estimate of drug-likeness (QED) is 0.706. The molecule has 1 aliphatic rings. The Labute approximate surface area is 166 Å². The number of amides is 1. The largest absolute Gasteiger partial charge is 0.396 e. The highest BCUT2D eigenvalue weighted by Gasteiger charge is 2.43. The number of aliphatic hydroxyl groups is 2. The molecule has 2 N–H and O–H groups in total. The Hall–Kier alpha value is -2.35. The fourth-order valence-corrected chi connectivity index (χ4v) is 4.60. The van der Waals surface area contributed by atoms with Crippen LogP contribution in [0.5, 0.6) is 0 Å². The first-order valence-corrected chi connectivity index (χ1v) is 10.0. The van der Waals surface area contributed by atoms with Crippen LogP contribution in [0.3, 0.4) is 0 Å². The summed E-state index contributed by atoms with van der Waals surface area (Å²) in [6.45, 7) is 0.400. The van der Waals surface area contributed by atoms with Crippen molar-refractivity contribution in [2.24, 2.45) is 5.41 Å². The lowest BCUT2D eigenvalue weighted by molar-refractivity contribution is -0.0668. The van der Waals surface area contributed by atoms with Gasteiger partial charge in [-0.1, -0.05) is 12.1 Å². The average molecular weight is 400 g/mol. The van der Waals surface area contributed by atoms with E-state index < -0.39 is 11.5 Å². The van der Waals surface area contributed by atoms with Crippen LogP contribution in [-0.4, -0.2) is 51.8 Å². The minimum atomic E-state index is -0.875. The lowest BCUT2D eigenvalue weighted by Gasteiger charge is -2.45. The number of likely N-dealkylation sites (tertiary alicyclic amines) is 1. The molecule has 0 radical (unpaired) electrons. The maximum absolute atomic E-state index is 13.2. The second kappa shape index (κ2) is 7.58. The zero-order chi connectivity index (χ0) is 19.7. The highest BCUT2D eigenvalue weighted by molar-refractivity contribution is 7.16. The van der Waals surface area contributed by atoms with Crippen LogP contribution in [0.25, 0.3) is 10.2 Å². The summed E-state index contributed by atoms with van der Waals surface area (Å²) >= 11 is 1.48. The van der Waals surface area contributed by atoms with Crippen LogP contribution in [0.15, 0.2) is 48.0 Å². The third-order valence-corrected chi connectivity index (χ3v) is 6.33. The smallest absolute Gasteiger partial charge is 0.253 e. The SMILES string of the molecule is O=C(c1ccc2ncsc2c1)N1CC[C@H](O)[C@@](CO)(Cc2ccc(F)cc2)C1. The van der Waals surface area contributed by atoms with Crippen LogP contribution < -0.4 is 0 Å². The number of thiazole rings is 1. The van der Waals surface area contributed by atoms with Crippen molar-refractivity contribution in [3.05, 3.63) is 64.9 Å². The van der Waals surface area contributed by atoms with Crippen molar-refractivity contribution >= 4 is 27.5 Å². The van der Waals surface area contributed by atoms with Crippen molar-refractivity contribution in [3.63, 3.8) is 0 Å². The van der Waals surface area contributed by atoms with Crippen LogP contribution in [0.2, 0.25) is 0 Å². The van der Waals surface area contributed by atoms with E-state index in [-0.39, 0.29) is 24.9 Å². The summed E-state index contributed by atoms with van der Waals surface area (Å²) < 4.78 is 14.2. The van der Waals surface area contributed by atoms with Gasteiger partial charge in [0.1, 0.15) is 5.82 Å². The van der Waals surface area contributed by atoms with Gasteiger partial charge >= 0.3 is 0 Å². The van der Waals surface area contributed by atoms with E-state index in [1.165, 1.54) is 23.5 Å². The number of rotatable bonds is 4. The first kappa shape index (κ1) is 19.0. The average Bonchev–Trinajstić information content (AvgIpc) is 3.18. The second-order valence-electron chi connectivity index (χ2n) is 7.39. The van der Waals surface area contributed by atoms with Crippen molar-refractivity contribution in [2.75, 3.05) is 19.7 Å². The number of fused-ring (bicyclic) bond motifs is 1. The molecule has 1 aliphatic heterocycles. The van der Waals surface area contributed by atoms with Crippen LogP contribution in [0.1, 0.15) is 22.3 Å². The summed E-state index contributed by atoms with van der Waals surface area (Å²) in [7, 11) is 0. The van der Waals surface area contributed by atoms with E-state index in [1.54, 1.807) is 28.6 Å². The Morgan fingerprint density at radius 2 is 2.07 bits per heavy atom. The number of aromatic nitrogens is 1. The summed E-state index contributed by atoms with van der Waals surface area (Å²) in [5, 5.41) is 20.8. The van der Waals surface area contributed by atoms with Crippen LogP contribution >= 0.6 is 11.3 Å². The van der Waals surface area contributed by atoms with Crippen molar-refractivity contribution in [3.8, 4) is 0 Å². The van der Waals surface area contributed by atoms with Gasteiger partial charge in [0.15, 0.2) is 0 Å². The number of carbonyl (C=O) groups is 1. The van der Waals surface area contributed by atoms with E-state index >= 15 is 0 Å². The molecule has 5 nitrogen and oxygen atoms in total. The van der Waals surface area contributed by atoms with E-state index in [1.807, 2.05) is 12.1 Å². The fraction of sp³-hybridized carbons (Fsp3) is 0.333. The minimum Gasteiger partial charge on any atom is -0.396 e. The molecular weight excluding hydrogens is 379 g/mol. The Kier molecular flexibility index (Phi) is 5.14. The first-order valence-electron chi connectivity index (χ1n) is 9.17. The van der Waals surface area contributed by atoms with Gasteiger partial charge < -0.3 is 15.1 Å². The maximum atomic E-state index is 13.2. The van der Waals surface area contributed by atoms with Gasteiger partial charge in [-0.2, -0.15) is 0 Å². The predicted molar refractivity (Wildman–Crippen MR) is 106 cm³/mol. The molecule has 146 valence electrons. The van der Waals surface area contributed by atoms with Crippen molar-refractivity contribution < 1.29 is 19.4 Å². The predicted octanol–water partition coefficient (Wildman–Crippen LogP) is 2.86. The van der Waals surface area contributed by atoms with Gasteiger partial charge in [0.05, 0.1) is 28.4 Å². The third kappa shape index (κ3) is 3.53. The Balaban J connectivity index is 1.58. The van der Waals surface area contributed by atoms with Gasteiger partial charge in [0.2, 0.25) is 0 Å². The zero-order valence-electron chi connectivity index (χ0n) is 15.2. The number of hydrogen-bond acceptors (Lipinski definition) is 5. The molecule has 0 bridgehead atoms. The molecule has 0 spiro atoms. The zero-order valence-corrected chi connectivity index (χ0v) is 16.0. The second-order valence-corrected chi connectivity index (χ2v) is 8.28. The number of nitrogens with zero attached hydrogens (tertiary/aromatic N) is 2. The molecule has 7 heteroatoms. The number of aliphatic hydroxyl groups excluding tert-OH is 2. The van der Waals surface area contributed by atoms with E-state index in [9.17, 15) is 19.4 Å². The number of halogens is 1. The molecule has 1 aromatic heterocycles. The normalized spacial score (nSPS) is 22.5. The van der Waals surface area contributed by atoms with Crippen LogP contribution in [-0.2, 0) is 6.42 Å². The van der Waals surface area contributed by atoms with Crippen LogP contribution in [0, 0.1) is 11.2 Å². The number of piperidine rings is 1. The van der Waals surface area contributed by atoms with E-state index in [0.717, 1.165) is 15.8 Å². The van der Waals surface area contributed by atoms with Gasteiger partial charge in [-0.25, -0.2) is 9.37 Å². The monoisotopic (exact) mass is 400 g/mol. The molecule has 28 heavy (non-hydrogen) atoms. The van der Waals surface area contributed by atoms with Crippen molar-refractivity contribution in [1.29, 1.82) is 0 Å². The molecule has 2 aromatic carbocycles. The minimum absolute atomic E-state index is 0.126.